The highest BCUT2D eigenvalue weighted by Crippen LogP contribution is 2.15. The van der Waals surface area contributed by atoms with E-state index in [0.29, 0.717) is 11.5 Å². The van der Waals surface area contributed by atoms with Crippen LogP contribution in [0.15, 0.2) is 54.9 Å². The van der Waals surface area contributed by atoms with Crippen LogP contribution in [-0.4, -0.2) is 27.8 Å². The molecule has 0 aliphatic heterocycles. The zero-order valence-corrected chi connectivity index (χ0v) is 12.9. The van der Waals surface area contributed by atoms with Crippen LogP contribution in [0.4, 0.5) is 5.82 Å². The van der Waals surface area contributed by atoms with Crippen molar-refractivity contribution >= 4 is 11.7 Å². The molecule has 3 rings (SSSR count). The normalized spacial score (nSPS) is 10.3. The number of carbonyl (C=O) groups excluding carboxylic acids is 1. The van der Waals surface area contributed by atoms with Crippen LogP contribution in [0.3, 0.4) is 0 Å². The van der Waals surface area contributed by atoms with Gasteiger partial charge in [0.25, 0.3) is 5.91 Å². The molecule has 0 aliphatic carbocycles. The van der Waals surface area contributed by atoms with E-state index in [4.69, 9.17) is 4.74 Å². The summed E-state index contributed by atoms with van der Waals surface area (Å²) in [4.78, 5) is 16.3. The third-order valence-corrected chi connectivity index (χ3v) is 3.32. The van der Waals surface area contributed by atoms with Gasteiger partial charge in [-0.05, 0) is 55.0 Å². The van der Waals surface area contributed by atoms with E-state index in [0.717, 1.165) is 17.0 Å². The highest BCUT2D eigenvalue weighted by atomic mass is 16.5. The minimum absolute atomic E-state index is 0.296. The maximum Gasteiger partial charge on any atom is 0.277 e. The van der Waals surface area contributed by atoms with E-state index in [2.05, 4.69) is 15.4 Å². The molecule has 1 amide bonds. The number of benzene rings is 1. The van der Waals surface area contributed by atoms with E-state index < -0.39 is 0 Å². The number of nitrogens with zero attached hydrogens (tertiary/aromatic N) is 3. The van der Waals surface area contributed by atoms with E-state index in [-0.39, 0.29) is 5.91 Å². The van der Waals surface area contributed by atoms with Gasteiger partial charge in [0.05, 0.1) is 12.8 Å². The van der Waals surface area contributed by atoms with Crippen LogP contribution in [0.2, 0.25) is 0 Å². The minimum Gasteiger partial charge on any atom is -0.497 e. The average Bonchev–Trinajstić information content (AvgIpc) is 3.05. The maximum atomic E-state index is 12.2. The number of nitrogens with one attached hydrogen (secondary N) is 1. The highest BCUT2D eigenvalue weighted by molar-refractivity contribution is 6.02. The summed E-state index contributed by atoms with van der Waals surface area (Å²) in [7, 11) is 1.62. The molecule has 0 radical (unpaired) electrons. The third kappa shape index (κ3) is 3.37. The van der Waals surface area contributed by atoms with E-state index >= 15 is 0 Å². The molecule has 0 saturated carbocycles. The number of anilines is 1. The monoisotopic (exact) mass is 308 g/mol. The second-order valence-corrected chi connectivity index (χ2v) is 5.02. The molecule has 0 atom stereocenters. The van der Waals surface area contributed by atoms with E-state index in [1.54, 1.807) is 36.3 Å². The number of rotatable bonds is 4. The van der Waals surface area contributed by atoms with Gasteiger partial charge < -0.3 is 10.1 Å². The number of aromatic nitrogens is 3. The Morgan fingerprint density at radius 2 is 1.96 bits per heavy atom. The largest absolute Gasteiger partial charge is 0.497 e. The lowest BCUT2D eigenvalue weighted by Gasteiger charge is -2.04. The molecule has 1 aromatic carbocycles. The van der Waals surface area contributed by atoms with Crippen molar-refractivity contribution in [3.05, 3.63) is 66.1 Å². The van der Waals surface area contributed by atoms with Gasteiger partial charge in [-0.3, -0.25) is 4.79 Å². The van der Waals surface area contributed by atoms with Crippen LogP contribution in [0.25, 0.3) is 5.69 Å². The van der Waals surface area contributed by atoms with Crippen molar-refractivity contribution in [2.24, 2.45) is 0 Å². The van der Waals surface area contributed by atoms with Crippen molar-refractivity contribution in [1.29, 1.82) is 0 Å². The lowest BCUT2D eigenvalue weighted by Crippen LogP contribution is -2.14. The van der Waals surface area contributed by atoms with Gasteiger partial charge in [0.15, 0.2) is 5.69 Å². The number of ether oxygens (including phenoxy) is 1. The van der Waals surface area contributed by atoms with Crippen molar-refractivity contribution < 1.29 is 9.53 Å². The molecule has 6 nitrogen and oxygen atoms in total. The lowest BCUT2D eigenvalue weighted by atomic mass is 10.3. The van der Waals surface area contributed by atoms with Crippen LogP contribution in [-0.2, 0) is 0 Å². The zero-order chi connectivity index (χ0) is 16.2. The van der Waals surface area contributed by atoms with Gasteiger partial charge in [-0.25, -0.2) is 9.67 Å². The van der Waals surface area contributed by atoms with E-state index in [9.17, 15) is 4.79 Å². The first-order chi connectivity index (χ1) is 11.2. The molecule has 6 heteroatoms. The molecule has 0 saturated heterocycles. The van der Waals surface area contributed by atoms with Crippen LogP contribution < -0.4 is 10.1 Å². The number of pyridine rings is 1. The first-order valence-electron chi connectivity index (χ1n) is 7.10. The predicted octanol–water partition coefficient (Wildman–Crippen LogP) is 2.84. The fraction of sp³-hybridized carbons (Fsp3) is 0.118. The second-order valence-electron chi connectivity index (χ2n) is 5.02. The van der Waals surface area contributed by atoms with E-state index in [1.807, 2.05) is 37.3 Å². The summed E-state index contributed by atoms with van der Waals surface area (Å²) in [6, 6.07) is 12.8. The smallest absolute Gasteiger partial charge is 0.277 e. The van der Waals surface area contributed by atoms with Crippen molar-refractivity contribution in [3.63, 3.8) is 0 Å². The Morgan fingerprint density at radius 3 is 2.65 bits per heavy atom. The van der Waals surface area contributed by atoms with Crippen LogP contribution in [0.5, 0.6) is 5.75 Å². The number of carbonyl (C=O) groups is 1. The van der Waals surface area contributed by atoms with Crippen LogP contribution in [0.1, 0.15) is 16.1 Å². The van der Waals surface area contributed by atoms with E-state index in [1.165, 1.54) is 0 Å². The maximum absolute atomic E-state index is 12.2. The summed E-state index contributed by atoms with van der Waals surface area (Å²) in [5, 5.41) is 7.03. The Balaban J connectivity index is 1.76. The Labute approximate surface area is 133 Å². The quantitative estimate of drug-likeness (QED) is 0.804. The van der Waals surface area contributed by atoms with Gasteiger partial charge in [0.2, 0.25) is 0 Å². The second kappa shape index (κ2) is 6.31. The van der Waals surface area contributed by atoms with Crippen molar-refractivity contribution in [2.45, 2.75) is 6.92 Å². The molecule has 23 heavy (non-hydrogen) atoms. The topological polar surface area (TPSA) is 69.0 Å². The van der Waals surface area contributed by atoms with Crippen molar-refractivity contribution in [2.75, 3.05) is 12.4 Å². The highest BCUT2D eigenvalue weighted by Gasteiger charge is 2.11. The molecule has 0 bridgehead atoms. The molecule has 1 N–H and O–H groups in total. The summed E-state index contributed by atoms with van der Waals surface area (Å²) >= 11 is 0. The SMILES string of the molecule is COc1ccc(-n2ccc(C(=O)Nc3cc(C)ccn3)n2)cc1. The standard InChI is InChI=1S/C17H16N4O2/c1-12-7-9-18-16(11-12)19-17(22)15-8-10-21(20-15)13-3-5-14(23-2)6-4-13/h3-11H,1-2H3,(H,18,19,22). The summed E-state index contributed by atoms with van der Waals surface area (Å²) in [6.45, 7) is 1.94. The van der Waals surface area contributed by atoms with Gasteiger partial charge in [0, 0.05) is 12.4 Å². The first kappa shape index (κ1) is 14.8. The summed E-state index contributed by atoms with van der Waals surface area (Å²) in [6.07, 6.45) is 3.39. The predicted molar refractivity (Wildman–Crippen MR) is 87.0 cm³/mol. The molecule has 0 fully saturated rings. The van der Waals surface area contributed by atoms with Gasteiger partial charge in [-0.1, -0.05) is 0 Å². The molecule has 0 spiro atoms. The summed E-state index contributed by atoms with van der Waals surface area (Å²) in [5.41, 5.74) is 2.20. The van der Waals surface area contributed by atoms with Crippen LogP contribution >= 0.6 is 0 Å². The number of amides is 1. The Bertz CT molecular complexity index is 825. The molecule has 0 aliphatic rings. The van der Waals surface area contributed by atoms with Gasteiger partial charge in [0.1, 0.15) is 11.6 Å². The van der Waals surface area contributed by atoms with Gasteiger partial charge in [-0.2, -0.15) is 5.10 Å². The fourth-order valence-corrected chi connectivity index (χ4v) is 2.11. The summed E-state index contributed by atoms with van der Waals surface area (Å²) < 4.78 is 6.76. The molecule has 0 unspecified atom stereocenters. The summed E-state index contributed by atoms with van der Waals surface area (Å²) in [5.74, 6) is 0.980. The number of aryl methyl sites for hydroxylation is 1. The average molecular weight is 308 g/mol. The Morgan fingerprint density at radius 1 is 1.17 bits per heavy atom. The molecule has 2 heterocycles. The number of hydrogen-bond acceptors (Lipinski definition) is 4. The Hall–Kier alpha value is -3.15. The number of hydrogen-bond donors (Lipinski definition) is 1. The minimum atomic E-state index is -0.296. The number of methoxy groups -OCH3 is 1. The molecule has 3 aromatic rings. The zero-order valence-electron chi connectivity index (χ0n) is 12.9. The molecular weight excluding hydrogens is 292 g/mol. The van der Waals surface area contributed by atoms with Gasteiger partial charge >= 0.3 is 0 Å². The van der Waals surface area contributed by atoms with Crippen LogP contribution in [0, 0.1) is 6.92 Å². The fourth-order valence-electron chi connectivity index (χ4n) is 2.11. The molecular formula is C17H16N4O2. The molecule has 2 aromatic heterocycles. The van der Waals surface area contributed by atoms with Gasteiger partial charge in [-0.15, -0.1) is 0 Å². The Kier molecular flexibility index (Phi) is 4.05. The lowest BCUT2D eigenvalue weighted by molar-refractivity contribution is 0.102. The molecule has 116 valence electrons. The van der Waals surface area contributed by atoms with Crippen molar-refractivity contribution in [3.8, 4) is 11.4 Å². The van der Waals surface area contributed by atoms with Crippen molar-refractivity contribution in [1.82, 2.24) is 14.8 Å². The third-order valence-electron chi connectivity index (χ3n) is 3.32. The first-order valence-corrected chi connectivity index (χ1v) is 7.10.